The fourth-order valence-electron chi connectivity index (χ4n) is 3.74. The second-order valence-corrected chi connectivity index (χ2v) is 6.79. The molecule has 25 heavy (non-hydrogen) atoms. The zero-order valence-corrected chi connectivity index (χ0v) is 14.5. The number of nitrogens with zero attached hydrogens (tertiary/aromatic N) is 3. The molecule has 5 heteroatoms. The van der Waals surface area contributed by atoms with Crippen molar-refractivity contribution in [2.45, 2.75) is 25.6 Å². The van der Waals surface area contributed by atoms with Crippen molar-refractivity contribution in [2.24, 2.45) is 0 Å². The average Bonchev–Trinajstić information content (AvgIpc) is 3.04. The van der Waals surface area contributed by atoms with Gasteiger partial charge in [0, 0.05) is 55.5 Å². The average molecular weight is 336 g/mol. The summed E-state index contributed by atoms with van der Waals surface area (Å²) in [6.07, 6.45) is 4.87. The third-order valence-electron chi connectivity index (χ3n) is 5.20. The van der Waals surface area contributed by atoms with Crippen molar-refractivity contribution in [3.8, 4) is 0 Å². The van der Waals surface area contributed by atoms with E-state index in [0.717, 1.165) is 31.9 Å². The van der Waals surface area contributed by atoms with Crippen LogP contribution in [0.1, 0.15) is 17.5 Å². The minimum atomic E-state index is 0.0967. The van der Waals surface area contributed by atoms with Crippen molar-refractivity contribution in [1.29, 1.82) is 0 Å². The summed E-state index contributed by atoms with van der Waals surface area (Å²) in [6, 6.07) is 12.7. The summed E-state index contributed by atoms with van der Waals surface area (Å²) >= 11 is 0. The quantitative estimate of drug-likeness (QED) is 0.772. The van der Waals surface area contributed by atoms with Crippen molar-refractivity contribution in [1.82, 2.24) is 14.9 Å². The number of aromatic nitrogens is 2. The molecule has 1 aliphatic rings. The van der Waals surface area contributed by atoms with Crippen molar-refractivity contribution in [3.63, 3.8) is 0 Å². The third kappa shape index (κ3) is 3.13. The van der Waals surface area contributed by atoms with Crippen LogP contribution in [-0.2, 0) is 13.1 Å². The second kappa shape index (κ2) is 6.86. The van der Waals surface area contributed by atoms with Crippen molar-refractivity contribution in [3.05, 3.63) is 59.9 Å². The molecular weight excluding hydrogens is 312 g/mol. The monoisotopic (exact) mass is 336 g/mol. The number of para-hydroxylation sites is 1. The summed E-state index contributed by atoms with van der Waals surface area (Å²) in [6.45, 7) is 2.85. The number of likely N-dealkylation sites (N-methyl/N-ethyl adjacent to an activating group) is 1. The number of fused-ring (bicyclic) bond motifs is 2. The molecule has 3 heterocycles. The molecule has 1 aromatic carbocycles. The van der Waals surface area contributed by atoms with E-state index in [1.54, 1.807) is 0 Å². The van der Waals surface area contributed by atoms with E-state index < -0.39 is 0 Å². The summed E-state index contributed by atoms with van der Waals surface area (Å²) in [5.41, 5.74) is 3.71. The van der Waals surface area contributed by atoms with Gasteiger partial charge in [-0.15, -0.1) is 0 Å². The maximum atomic E-state index is 9.80. The SMILES string of the molecule is CN1c2ncccc2CN(Cc2c[nH]c3ccccc23)CC[C@H]1CO. The molecule has 0 unspecified atom stereocenters. The van der Waals surface area contributed by atoms with Gasteiger partial charge in [-0.25, -0.2) is 4.98 Å². The Morgan fingerprint density at radius 2 is 2.12 bits per heavy atom. The van der Waals surface area contributed by atoms with Crippen LogP contribution < -0.4 is 4.90 Å². The van der Waals surface area contributed by atoms with E-state index >= 15 is 0 Å². The molecule has 0 saturated heterocycles. The number of H-pyrrole nitrogens is 1. The molecule has 130 valence electrons. The van der Waals surface area contributed by atoms with Crippen LogP contribution in [0.3, 0.4) is 0 Å². The fourth-order valence-corrected chi connectivity index (χ4v) is 3.74. The van der Waals surface area contributed by atoms with Crippen molar-refractivity contribution >= 4 is 16.7 Å². The van der Waals surface area contributed by atoms with Gasteiger partial charge in [0.1, 0.15) is 5.82 Å². The van der Waals surface area contributed by atoms with Crippen LogP contribution in [0.15, 0.2) is 48.8 Å². The van der Waals surface area contributed by atoms with Crippen LogP contribution in [0.4, 0.5) is 5.82 Å². The molecule has 1 atom stereocenters. The highest BCUT2D eigenvalue weighted by Crippen LogP contribution is 2.26. The second-order valence-electron chi connectivity index (χ2n) is 6.79. The van der Waals surface area contributed by atoms with E-state index in [-0.39, 0.29) is 12.6 Å². The van der Waals surface area contributed by atoms with Crippen LogP contribution in [0.2, 0.25) is 0 Å². The van der Waals surface area contributed by atoms with E-state index in [4.69, 9.17) is 0 Å². The number of hydrogen-bond donors (Lipinski definition) is 2. The van der Waals surface area contributed by atoms with Gasteiger partial charge in [0.25, 0.3) is 0 Å². The Kier molecular flexibility index (Phi) is 4.42. The molecule has 0 saturated carbocycles. The number of pyridine rings is 1. The zero-order chi connectivity index (χ0) is 17.2. The molecular formula is C20H24N4O. The minimum absolute atomic E-state index is 0.0967. The summed E-state index contributed by atoms with van der Waals surface area (Å²) < 4.78 is 0. The first-order valence-corrected chi connectivity index (χ1v) is 8.81. The smallest absolute Gasteiger partial charge is 0.133 e. The van der Waals surface area contributed by atoms with E-state index in [1.807, 2.05) is 19.3 Å². The first-order valence-electron chi connectivity index (χ1n) is 8.81. The van der Waals surface area contributed by atoms with E-state index in [2.05, 4.69) is 56.3 Å². The standard InChI is InChI=1S/C20H24N4O/c1-23-17(14-25)8-10-24(12-15-5-4-9-21-20(15)23)13-16-11-22-19-7-3-2-6-18(16)19/h2-7,9,11,17,22,25H,8,10,12-14H2,1H3/t17-/m0/s1. The Morgan fingerprint density at radius 1 is 1.24 bits per heavy atom. The molecule has 0 fully saturated rings. The summed E-state index contributed by atoms with van der Waals surface area (Å²) in [4.78, 5) is 12.5. The number of hydrogen-bond acceptors (Lipinski definition) is 4. The fraction of sp³-hybridized carbons (Fsp3) is 0.350. The summed E-state index contributed by atoms with van der Waals surface area (Å²) in [5.74, 6) is 0.977. The van der Waals surface area contributed by atoms with Gasteiger partial charge in [0.15, 0.2) is 0 Å². The molecule has 0 radical (unpaired) electrons. The van der Waals surface area contributed by atoms with Crippen molar-refractivity contribution < 1.29 is 5.11 Å². The van der Waals surface area contributed by atoms with Gasteiger partial charge >= 0.3 is 0 Å². The van der Waals surface area contributed by atoms with E-state index in [1.165, 1.54) is 22.0 Å². The molecule has 4 rings (SSSR count). The molecule has 0 aliphatic carbocycles. The third-order valence-corrected chi connectivity index (χ3v) is 5.20. The lowest BCUT2D eigenvalue weighted by Crippen LogP contribution is -2.41. The number of benzene rings is 1. The Hall–Kier alpha value is -2.37. The van der Waals surface area contributed by atoms with E-state index in [9.17, 15) is 5.11 Å². The predicted octanol–water partition coefficient (Wildman–Crippen LogP) is 2.77. The van der Waals surface area contributed by atoms with Gasteiger partial charge in [0.05, 0.1) is 12.6 Å². The lowest BCUT2D eigenvalue weighted by atomic mass is 10.1. The lowest BCUT2D eigenvalue weighted by molar-refractivity contribution is 0.206. The van der Waals surface area contributed by atoms with Crippen molar-refractivity contribution in [2.75, 3.05) is 25.1 Å². The summed E-state index contributed by atoms with van der Waals surface area (Å²) in [5, 5.41) is 11.1. The van der Waals surface area contributed by atoms with Crippen LogP contribution in [-0.4, -0.2) is 46.2 Å². The van der Waals surface area contributed by atoms with Gasteiger partial charge in [-0.2, -0.15) is 0 Å². The molecule has 2 aromatic heterocycles. The first-order chi connectivity index (χ1) is 12.3. The van der Waals surface area contributed by atoms with Gasteiger partial charge in [-0.05, 0) is 24.1 Å². The normalized spacial score (nSPS) is 18.8. The van der Waals surface area contributed by atoms with Gasteiger partial charge in [0.2, 0.25) is 0 Å². The van der Waals surface area contributed by atoms with Gasteiger partial charge in [-0.3, -0.25) is 4.90 Å². The maximum Gasteiger partial charge on any atom is 0.133 e. The van der Waals surface area contributed by atoms with Crippen LogP contribution in [0, 0.1) is 0 Å². The van der Waals surface area contributed by atoms with Crippen LogP contribution in [0.25, 0.3) is 10.9 Å². The molecule has 3 aromatic rings. The number of rotatable bonds is 3. The minimum Gasteiger partial charge on any atom is -0.394 e. The van der Waals surface area contributed by atoms with E-state index in [0.29, 0.717) is 0 Å². The Morgan fingerprint density at radius 3 is 3.00 bits per heavy atom. The number of aliphatic hydroxyl groups excluding tert-OH is 1. The van der Waals surface area contributed by atoms with Crippen LogP contribution >= 0.6 is 0 Å². The molecule has 1 aliphatic heterocycles. The highest BCUT2D eigenvalue weighted by molar-refractivity contribution is 5.82. The van der Waals surface area contributed by atoms with Gasteiger partial charge < -0.3 is 15.0 Å². The zero-order valence-electron chi connectivity index (χ0n) is 14.5. The highest BCUT2D eigenvalue weighted by atomic mass is 16.3. The maximum absolute atomic E-state index is 9.80. The Bertz CT molecular complexity index is 860. The first kappa shape index (κ1) is 16.1. The Labute approximate surface area is 147 Å². The molecule has 0 amide bonds. The Balaban J connectivity index is 1.63. The summed E-state index contributed by atoms with van der Waals surface area (Å²) in [7, 11) is 2.03. The molecule has 0 spiro atoms. The lowest BCUT2D eigenvalue weighted by Gasteiger charge is -2.35. The molecule has 0 bridgehead atoms. The topological polar surface area (TPSA) is 55.4 Å². The molecule has 5 nitrogen and oxygen atoms in total. The number of aromatic amines is 1. The molecule has 2 N–H and O–H groups in total. The highest BCUT2D eigenvalue weighted by Gasteiger charge is 2.23. The largest absolute Gasteiger partial charge is 0.394 e. The number of nitrogens with one attached hydrogen (secondary N) is 1. The van der Waals surface area contributed by atoms with Crippen LogP contribution in [0.5, 0.6) is 0 Å². The van der Waals surface area contributed by atoms with Gasteiger partial charge in [-0.1, -0.05) is 24.3 Å². The number of anilines is 1. The predicted molar refractivity (Wildman–Crippen MR) is 101 cm³/mol. The number of aliphatic hydroxyl groups is 1.